The third kappa shape index (κ3) is 2.33. The second-order valence-corrected chi connectivity index (χ2v) is 7.46. The summed E-state index contributed by atoms with van der Waals surface area (Å²) in [7, 11) is 0. The Bertz CT molecular complexity index is 943. The van der Waals surface area contributed by atoms with Crippen LogP contribution in [-0.2, 0) is 11.2 Å². The lowest BCUT2D eigenvalue weighted by Gasteiger charge is -2.14. The molecule has 0 radical (unpaired) electrons. The van der Waals surface area contributed by atoms with E-state index >= 15 is 0 Å². The zero-order chi connectivity index (χ0) is 16.8. The molecule has 3 nitrogen and oxygen atoms in total. The van der Waals surface area contributed by atoms with E-state index in [2.05, 4.69) is 19.1 Å². The lowest BCUT2D eigenvalue weighted by molar-refractivity contribution is -0.131. The first-order valence-electron chi connectivity index (χ1n) is 8.26. The maximum Gasteiger partial charge on any atom is 0.308 e. The Morgan fingerprint density at radius 1 is 1.29 bits per heavy atom. The molecule has 4 heteroatoms. The second kappa shape index (κ2) is 5.71. The van der Waals surface area contributed by atoms with Crippen LogP contribution in [-0.4, -0.2) is 11.0 Å². The van der Waals surface area contributed by atoms with Crippen molar-refractivity contribution >= 4 is 27.5 Å². The fourth-order valence-electron chi connectivity index (χ4n) is 3.59. The predicted octanol–water partition coefficient (Wildman–Crippen LogP) is 5.25. The summed E-state index contributed by atoms with van der Waals surface area (Å²) in [5.74, 6) is 0.873. The van der Waals surface area contributed by atoms with Gasteiger partial charge >= 0.3 is 5.97 Å². The third-order valence-corrected chi connectivity index (χ3v) is 6.04. The van der Waals surface area contributed by atoms with Crippen LogP contribution in [0.1, 0.15) is 42.3 Å². The number of carbonyl (C=O) groups is 1. The topological polar surface area (TPSA) is 39.2 Å². The summed E-state index contributed by atoms with van der Waals surface area (Å²) in [5, 5.41) is 1.17. The first-order chi connectivity index (χ1) is 11.6. The van der Waals surface area contributed by atoms with Crippen molar-refractivity contribution in [2.75, 3.05) is 0 Å². The zero-order valence-corrected chi connectivity index (χ0v) is 14.9. The highest BCUT2D eigenvalue weighted by atomic mass is 32.1. The number of hydrogen-bond donors (Lipinski definition) is 0. The van der Waals surface area contributed by atoms with E-state index < -0.39 is 0 Å². The minimum Gasteiger partial charge on any atom is -0.424 e. The predicted molar refractivity (Wildman–Crippen MR) is 97.8 cm³/mol. The summed E-state index contributed by atoms with van der Waals surface area (Å²) in [4.78, 5) is 18.9. The van der Waals surface area contributed by atoms with Gasteiger partial charge in [-0.1, -0.05) is 37.3 Å². The van der Waals surface area contributed by atoms with E-state index in [1.165, 1.54) is 29.2 Å². The van der Waals surface area contributed by atoms with Gasteiger partial charge in [0, 0.05) is 22.8 Å². The number of thiophene rings is 1. The smallest absolute Gasteiger partial charge is 0.308 e. The molecule has 0 amide bonds. The van der Waals surface area contributed by atoms with Crippen LogP contribution in [0.15, 0.2) is 30.3 Å². The molecule has 1 unspecified atom stereocenters. The molecule has 0 bridgehead atoms. The van der Waals surface area contributed by atoms with Crippen LogP contribution in [0, 0.1) is 6.92 Å². The lowest BCUT2D eigenvalue weighted by atomic mass is 9.98. The SMILES string of the molecule is CC(=O)Oc1c(C)nc2sc3c(c2c1-c1ccccc1)CCC3C. The van der Waals surface area contributed by atoms with E-state index in [0.717, 1.165) is 28.1 Å². The molecule has 0 aliphatic heterocycles. The summed E-state index contributed by atoms with van der Waals surface area (Å²) in [6, 6.07) is 10.2. The first kappa shape index (κ1) is 15.3. The Kier molecular flexibility index (Phi) is 3.65. The van der Waals surface area contributed by atoms with Crippen LogP contribution in [0.4, 0.5) is 0 Å². The Hall–Kier alpha value is -2.20. The van der Waals surface area contributed by atoms with Crippen molar-refractivity contribution in [2.24, 2.45) is 0 Å². The molecule has 2 heterocycles. The number of pyridine rings is 1. The number of aryl methyl sites for hydroxylation is 2. The molecule has 0 fully saturated rings. The summed E-state index contributed by atoms with van der Waals surface area (Å²) in [6.45, 7) is 5.64. The number of benzene rings is 1. The van der Waals surface area contributed by atoms with Gasteiger partial charge in [-0.2, -0.15) is 0 Å². The fourth-order valence-corrected chi connectivity index (χ4v) is 4.95. The summed E-state index contributed by atoms with van der Waals surface area (Å²) >= 11 is 1.79. The quantitative estimate of drug-likeness (QED) is 0.600. The molecular weight excluding hydrogens is 318 g/mol. The maximum atomic E-state index is 11.7. The number of ether oxygens (including phenoxy) is 1. The average molecular weight is 337 g/mol. The molecule has 0 saturated heterocycles. The van der Waals surface area contributed by atoms with Crippen LogP contribution < -0.4 is 4.74 Å². The van der Waals surface area contributed by atoms with Crippen LogP contribution in [0.2, 0.25) is 0 Å². The summed E-state index contributed by atoms with van der Waals surface area (Å²) in [6.07, 6.45) is 2.25. The molecule has 24 heavy (non-hydrogen) atoms. The average Bonchev–Trinajstić information content (AvgIpc) is 3.08. The Labute approximate surface area is 145 Å². The Morgan fingerprint density at radius 3 is 2.75 bits per heavy atom. The molecule has 2 aromatic heterocycles. The van der Waals surface area contributed by atoms with Crippen molar-refractivity contribution < 1.29 is 9.53 Å². The van der Waals surface area contributed by atoms with E-state index in [4.69, 9.17) is 9.72 Å². The van der Waals surface area contributed by atoms with Gasteiger partial charge in [0.05, 0.1) is 5.69 Å². The van der Waals surface area contributed by atoms with Gasteiger partial charge in [0.2, 0.25) is 0 Å². The Morgan fingerprint density at radius 2 is 2.04 bits per heavy atom. The summed E-state index contributed by atoms with van der Waals surface area (Å²) in [5.41, 5.74) is 4.25. The normalized spacial score (nSPS) is 16.4. The monoisotopic (exact) mass is 337 g/mol. The second-order valence-electron chi connectivity index (χ2n) is 6.43. The van der Waals surface area contributed by atoms with Gasteiger partial charge in [0.15, 0.2) is 5.75 Å². The van der Waals surface area contributed by atoms with Gasteiger partial charge < -0.3 is 4.74 Å². The van der Waals surface area contributed by atoms with Crippen molar-refractivity contribution in [3.63, 3.8) is 0 Å². The van der Waals surface area contributed by atoms with Gasteiger partial charge in [-0.25, -0.2) is 4.98 Å². The van der Waals surface area contributed by atoms with Gasteiger partial charge in [0.1, 0.15) is 4.83 Å². The van der Waals surface area contributed by atoms with Crippen molar-refractivity contribution in [1.82, 2.24) is 4.98 Å². The van der Waals surface area contributed by atoms with Crippen LogP contribution >= 0.6 is 11.3 Å². The standard InChI is InChI=1S/C20H19NO2S/c1-11-9-10-15-17-16(14-7-5-4-6-8-14)18(23-13(3)22)12(2)21-20(17)24-19(11)15/h4-8,11H,9-10H2,1-3H3. The molecule has 1 atom stereocenters. The molecule has 0 saturated carbocycles. The van der Waals surface area contributed by atoms with Crippen LogP contribution in [0.25, 0.3) is 21.3 Å². The summed E-state index contributed by atoms with van der Waals surface area (Å²) < 4.78 is 5.60. The van der Waals surface area contributed by atoms with Crippen molar-refractivity contribution in [2.45, 2.75) is 39.5 Å². The largest absolute Gasteiger partial charge is 0.424 e. The van der Waals surface area contributed by atoms with Crippen molar-refractivity contribution in [3.8, 4) is 16.9 Å². The van der Waals surface area contributed by atoms with Crippen LogP contribution in [0.3, 0.4) is 0 Å². The molecular formula is C20H19NO2S. The minimum absolute atomic E-state index is 0.309. The fraction of sp³-hybridized carbons (Fsp3) is 0.300. The van der Waals surface area contributed by atoms with Gasteiger partial charge in [0.25, 0.3) is 0 Å². The highest BCUT2D eigenvalue weighted by molar-refractivity contribution is 7.19. The number of fused-ring (bicyclic) bond motifs is 3. The van der Waals surface area contributed by atoms with E-state index in [-0.39, 0.29) is 5.97 Å². The van der Waals surface area contributed by atoms with Crippen LogP contribution in [0.5, 0.6) is 5.75 Å². The molecule has 1 aromatic carbocycles. The van der Waals surface area contributed by atoms with Gasteiger partial charge in [-0.15, -0.1) is 11.3 Å². The number of rotatable bonds is 2. The minimum atomic E-state index is -0.309. The van der Waals surface area contributed by atoms with E-state index in [0.29, 0.717) is 11.7 Å². The molecule has 1 aliphatic carbocycles. The maximum absolute atomic E-state index is 11.7. The van der Waals surface area contributed by atoms with Gasteiger partial charge in [-0.3, -0.25) is 4.79 Å². The van der Waals surface area contributed by atoms with E-state index in [9.17, 15) is 4.79 Å². The van der Waals surface area contributed by atoms with Crippen molar-refractivity contribution in [3.05, 3.63) is 46.5 Å². The van der Waals surface area contributed by atoms with Crippen molar-refractivity contribution in [1.29, 1.82) is 0 Å². The molecule has 122 valence electrons. The number of nitrogens with zero attached hydrogens (tertiary/aromatic N) is 1. The molecule has 1 aliphatic rings. The number of hydrogen-bond acceptors (Lipinski definition) is 4. The lowest BCUT2D eigenvalue weighted by Crippen LogP contribution is -2.06. The first-order valence-corrected chi connectivity index (χ1v) is 9.07. The number of esters is 1. The molecule has 4 rings (SSSR count). The number of carbonyl (C=O) groups excluding carboxylic acids is 1. The third-order valence-electron chi connectivity index (χ3n) is 4.68. The van der Waals surface area contributed by atoms with E-state index in [1.807, 2.05) is 25.1 Å². The zero-order valence-electron chi connectivity index (χ0n) is 14.1. The molecule has 0 N–H and O–H groups in total. The van der Waals surface area contributed by atoms with Gasteiger partial charge in [-0.05, 0) is 36.8 Å². The Balaban J connectivity index is 2.11. The van der Waals surface area contributed by atoms with E-state index in [1.54, 1.807) is 11.3 Å². The molecule has 0 spiro atoms. The molecule has 3 aromatic rings. The number of aromatic nitrogens is 1. The highest BCUT2D eigenvalue weighted by Crippen LogP contribution is 2.49. The highest BCUT2D eigenvalue weighted by Gasteiger charge is 2.28.